The number of hydrogen-bond donors (Lipinski definition) is 1. The minimum absolute atomic E-state index is 0.456. The van der Waals surface area contributed by atoms with Gasteiger partial charge < -0.3 is 9.73 Å². The van der Waals surface area contributed by atoms with Crippen LogP contribution in [-0.2, 0) is 6.18 Å². The Balaban J connectivity index is 2.52. The highest BCUT2D eigenvalue weighted by Crippen LogP contribution is 2.37. The number of alkyl halides is 3. The summed E-state index contributed by atoms with van der Waals surface area (Å²) in [6.07, 6.45) is -2.90. The zero-order valence-electron chi connectivity index (χ0n) is 10.3. The molecular weight excluding hydrogens is 403 g/mol. The molecule has 0 aliphatic carbocycles. The quantitative estimate of drug-likeness (QED) is 0.755. The zero-order valence-corrected chi connectivity index (χ0v) is 13.4. The van der Waals surface area contributed by atoms with E-state index in [0.717, 1.165) is 12.1 Å². The highest BCUT2D eigenvalue weighted by molar-refractivity contribution is 9.10. The lowest BCUT2D eigenvalue weighted by atomic mass is 10.0. The summed E-state index contributed by atoms with van der Waals surface area (Å²) in [5, 5.41) is 2.96. The molecule has 7 heteroatoms. The Morgan fingerprint density at radius 2 is 1.85 bits per heavy atom. The molecule has 1 atom stereocenters. The molecule has 0 aliphatic rings. The van der Waals surface area contributed by atoms with Gasteiger partial charge in [-0.15, -0.1) is 0 Å². The van der Waals surface area contributed by atoms with Crippen LogP contribution in [0.4, 0.5) is 13.2 Å². The van der Waals surface area contributed by atoms with Crippen LogP contribution in [0.15, 0.2) is 43.9 Å². The van der Waals surface area contributed by atoms with Crippen molar-refractivity contribution in [1.29, 1.82) is 0 Å². The van der Waals surface area contributed by atoms with Gasteiger partial charge in [-0.3, -0.25) is 0 Å². The van der Waals surface area contributed by atoms with E-state index in [2.05, 4.69) is 37.2 Å². The van der Waals surface area contributed by atoms with Crippen molar-refractivity contribution in [3.63, 3.8) is 0 Å². The van der Waals surface area contributed by atoms with E-state index in [4.69, 9.17) is 4.42 Å². The molecule has 2 aromatic rings. The molecule has 2 nitrogen and oxygen atoms in total. The van der Waals surface area contributed by atoms with Crippen molar-refractivity contribution >= 4 is 31.9 Å². The van der Waals surface area contributed by atoms with Crippen molar-refractivity contribution in [2.24, 2.45) is 0 Å². The number of benzene rings is 1. The molecule has 1 N–H and O–H groups in total. The molecule has 1 aromatic carbocycles. The highest BCUT2D eigenvalue weighted by Gasteiger charge is 2.32. The van der Waals surface area contributed by atoms with Crippen molar-refractivity contribution in [2.45, 2.75) is 12.2 Å². The fraction of sp³-hybridized carbons (Fsp3) is 0.231. The summed E-state index contributed by atoms with van der Waals surface area (Å²) in [6.45, 7) is 0. The van der Waals surface area contributed by atoms with Crippen LogP contribution in [0, 0.1) is 0 Å². The Hall–Kier alpha value is -0.790. The average Bonchev–Trinajstić information content (AvgIpc) is 2.78. The van der Waals surface area contributed by atoms with Crippen LogP contribution in [0.25, 0.3) is 0 Å². The van der Waals surface area contributed by atoms with Crippen LogP contribution in [0.1, 0.15) is 22.9 Å². The van der Waals surface area contributed by atoms with Crippen LogP contribution < -0.4 is 5.32 Å². The first-order valence-corrected chi connectivity index (χ1v) is 7.20. The number of halogens is 5. The molecule has 2 rings (SSSR count). The Morgan fingerprint density at radius 3 is 2.35 bits per heavy atom. The Bertz CT molecular complexity index is 610. The molecule has 0 bridgehead atoms. The van der Waals surface area contributed by atoms with Gasteiger partial charge in [0, 0.05) is 4.47 Å². The molecule has 0 fully saturated rings. The summed E-state index contributed by atoms with van der Waals surface area (Å²) in [6, 6.07) is 4.74. The summed E-state index contributed by atoms with van der Waals surface area (Å²) in [4.78, 5) is 0. The van der Waals surface area contributed by atoms with E-state index in [1.54, 1.807) is 13.1 Å². The second kappa shape index (κ2) is 5.91. The predicted molar refractivity (Wildman–Crippen MR) is 76.5 cm³/mol. The minimum Gasteiger partial charge on any atom is -0.466 e. The monoisotopic (exact) mass is 411 g/mol. The molecule has 0 amide bonds. The first-order valence-electron chi connectivity index (χ1n) is 5.61. The summed E-state index contributed by atoms with van der Waals surface area (Å²) in [5.41, 5.74) is -0.239. The number of rotatable bonds is 3. The first-order chi connectivity index (χ1) is 9.34. The van der Waals surface area contributed by atoms with Gasteiger partial charge in [0.1, 0.15) is 5.76 Å². The third kappa shape index (κ3) is 3.10. The van der Waals surface area contributed by atoms with Crippen molar-refractivity contribution in [3.8, 4) is 0 Å². The second-order valence-corrected chi connectivity index (χ2v) is 5.80. The van der Waals surface area contributed by atoms with Crippen molar-refractivity contribution in [2.75, 3.05) is 7.05 Å². The van der Waals surface area contributed by atoms with E-state index in [1.807, 2.05) is 0 Å². The molecular formula is C13H10Br2F3NO. The van der Waals surface area contributed by atoms with Gasteiger partial charge in [-0.1, -0.05) is 15.9 Å². The fourth-order valence-corrected chi connectivity index (χ4v) is 2.79. The molecule has 1 aromatic heterocycles. The second-order valence-electron chi connectivity index (χ2n) is 4.09. The van der Waals surface area contributed by atoms with E-state index < -0.39 is 17.8 Å². The first kappa shape index (κ1) is 15.6. The maximum absolute atomic E-state index is 12.8. The standard InChI is InChI=1S/C13H10Br2F3NO/c1-19-11(12-10(15)4-5-20-12)8-6-7(13(16,17)18)2-3-9(8)14/h2-6,11,19H,1H3. The number of nitrogens with one attached hydrogen (secondary N) is 1. The molecule has 0 aliphatic heterocycles. The molecule has 1 unspecified atom stereocenters. The zero-order chi connectivity index (χ0) is 14.9. The minimum atomic E-state index is -4.38. The van der Waals surface area contributed by atoms with E-state index in [1.165, 1.54) is 12.3 Å². The summed E-state index contributed by atoms with van der Waals surface area (Å²) in [5.74, 6) is 0.521. The van der Waals surface area contributed by atoms with Gasteiger partial charge in [0.15, 0.2) is 0 Å². The van der Waals surface area contributed by atoms with Gasteiger partial charge in [-0.25, -0.2) is 0 Å². The van der Waals surface area contributed by atoms with E-state index in [-0.39, 0.29) is 0 Å². The van der Waals surface area contributed by atoms with E-state index in [9.17, 15) is 13.2 Å². The Morgan fingerprint density at radius 1 is 1.15 bits per heavy atom. The van der Waals surface area contributed by atoms with Gasteiger partial charge in [-0.2, -0.15) is 13.2 Å². The van der Waals surface area contributed by atoms with E-state index >= 15 is 0 Å². The number of hydrogen-bond acceptors (Lipinski definition) is 2. The maximum atomic E-state index is 12.8. The smallest absolute Gasteiger partial charge is 0.416 e. The summed E-state index contributed by atoms with van der Waals surface area (Å²) < 4.78 is 45.1. The lowest BCUT2D eigenvalue weighted by molar-refractivity contribution is -0.137. The average molecular weight is 413 g/mol. The van der Waals surface area contributed by atoms with Gasteiger partial charge in [0.25, 0.3) is 0 Å². The molecule has 1 heterocycles. The maximum Gasteiger partial charge on any atom is 0.416 e. The van der Waals surface area contributed by atoms with Crippen molar-refractivity contribution in [3.05, 3.63) is 56.4 Å². The molecule has 0 saturated carbocycles. The molecule has 108 valence electrons. The van der Waals surface area contributed by atoms with Gasteiger partial charge in [0.05, 0.1) is 22.3 Å². The van der Waals surface area contributed by atoms with Crippen molar-refractivity contribution < 1.29 is 17.6 Å². The van der Waals surface area contributed by atoms with Crippen LogP contribution in [0.3, 0.4) is 0 Å². The molecule has 20 heavy (non-hydrogen) atoms. The largest absolute Gasteiger partial charge is 0.466 e. The molecule has 0 radical (unpaired) electrons. The van der Waals surface area contributed by atoms with Gasteiger partial charge in [-0.05, 0) is 52.8 Å². The molecule has 0 spiro atoms. The normalized spacial score (nSPS) is 13.5. The molecule has 0 saturated heterocycles. The van der Waals surface area contributed by atoms with Crippen LogP contribution in [0.5, 0.6) is 0 Å². The fourth-order valence-electron chi connectivity index (χ4n) is 1.88. The third-order valence-electron chi connectivity index (χ3n) is 2.83. The number of furan rings is 1. The van der Waals surface area contributed by atoms with Crippen LogP contribution in [0.2, 0.25) is 0 Å². The van der Waals surface area contributed by atoms with Gasteiger partial charge in [0.2, 0.25) is 0 Å². The third-order valence-corrected chi connectivity index (χ3v) is 4.21. The Kier molecular flexibility index (Phi) is 4.61. The van der Waals surface area contributed by atoms with Gasteiger partial charge >= 0.3 is 6.18 Å². The summed E-state index contributed by atoms with van der Waals surface area (Å²) in [7, 11) is 1.66. The summed E-state index contributed by atoms with van der Waals surface area (Å²) >= 11 is 6.60. The topological polar surface area (TPSA) is 25.2 Å². The van der Waals surface area contributed by atoms with E-state index in [0.29, 0.717) is 20.3 Å². The van der Waals surface area contributed by atoms with Crippen molar-refractivity contribution in [1.82, 2.24) is 5.32 Å². The lowest BCUT2D eigenvalue weighted by Crippen LogP contribution is -2.19. The lowest BCUT2D eigenvalue weighted by Gasteiger charge is -2.18. The van der Waals surface area contributed by atoms with Crippen LogP contribution in [-0.4, -0.2) is 7.05 Å². The highest BCUT2D eigenvalue weighted by atomic mass is 79.9. The predicted octanol–water partition coefficient (Wildman–Crippen LogP) is 5.13. The van der Waals surface area contributed by atoms with Crippen LogP contribution >= 0.6 is 31.9 Å². The Labute approximate surface area is 130 Å². The SMILES string of the molecule is CNC(c1cc(C(F)(F)F)ccc1Br)c1occc1Br.